The molecule has 0 radical (unpaired) electrons. The maximum Gasteiger partial charge on any atom is 0.137 e. The number of hydrogen-bond donors (Lipinski definition) is 1. The first-order chi connectivity index (χ1) is 10.4. The number of anilines is 1. The Morgan fingerprint density at radius 2 is 2.19 bits per heavy atom. The molecule has 5 heteroatoms. The molecule has 1 unspecified atom stereocenters. The summed E-state index contributed by atoms with van der Waals surface area (Å²) in [5, 5.41) is 7.85. The first kappa shape index (κ1) is 12.8. The van der Waals surface area contributed by atoms with E-state index in [0.29, 0.717) is 6.04 Å². The van der Waals surface area contributed by atoms with Crippen molar-refractivity contribution in [2.75, 3.05) is 18.4 Å². The van der Waals surface area contributed by atoms with Gasteiger partial charge in [-0.1, -0.05) is 12.1 Å². The van der Waals surface area contributed by atoms with Gasteiger partial charge in [-0.25, -0.2) is 9.67 Å². The molecule has 1 aliphatic carbocycles. The minimum Gasteiger partial charge on any atom is -0.381 e. The number of hydrogen-bond acceptors (Lipinski definition) is 4. The number of aromatic nitrogens is 3. The van der Waals surface area contributed by atoms with Gasteiger partial charge >= 0.3 is 0 Å². The number of likely N-dealkylation sites (tertiary alicyclic amines) is 1. The first-order valence-corrected chi connectivity index (χ1v) is 7.79. The molecule has 1 saturated carbocycles. The van der Waals surface area contributed by atoms with Gasteiger partial charge in [-0.3, -0.25) is 4.90 Å². The monoisotopic (exact) mass is 283 g/mol. The summed E-state index contributed by atoms with van der Waals surface area (Å²) < 4.78 is 1.85. The maximum absolute atomic E-state index is 4.16. The second-order valence-corrected chi connectivity index (χ2v) is 6.15. The Morgan fingerprint density at radius 1 is 1.24 bits per heavy atom. The van der Waals surface area contributed by atoms with Crippen LogP contribution in [0.3, 0.4) is 0 Å². The van der Waals surface area contributed by atoms with Gasteiger partial charge in [-0.05, 0) is 37.0 Å². The first-order valence-electron chi connectivity index (χ1n) is 7.79. The SMILES string of the molecule is c1cc(Cn2cncn2)cc(NC2CCN(C3CC3)C2)c1. The lowest BCUT2D eigenvalue weighted by Gasteiger charge is -2.17. The summed E-state index contributed by atoms with van der Waals surface area (Å²) in [4.78, 5) is 6.62. The van der Waals surface area contributed by atoms with E-state index in [9.17, 15) is 0 Å². The number of nitrogens with zero attached hydrogens (tertiary/aromatic N) is 4. The van der Waals surface area contributed by atoms with Crippen LogP contribution in [-0.2, 0) is 6.54 Å². The van der Waals surface area contributed by atoms with Gasteiger partial charge in [0.05, 0.1) is 6.54 Å². The Kier molecular flexibility index (Phi) is 3.35. The zero-order valence-electron chi connectivity index (χ0n) is 12.2. The van der Waals surface area contributed by atoms with Crippen molar-refractivity contribution in [3.05, 3.63) is 42.5 Å². The van der Waals surface area contributed by atoms with E-state index in [0.717, 1.165) is 12.6 Å². The smallest absolute Gasteiger partial charge is 0.137 e. The van der Waals surface area contributed by atoms with Crippen LogP contribution in [-0.4, -0.2) is 44.8 Å². The van der Waals surface area contributed by atoms with Crippen molar-refractivity contribution < 1.29 is 0 Å². The molecule has 1 atom stereocenters. The summed E-state index contributed by atoms with van der Waals surface area (Å²) in [5.41, 5.74) is 2.47. The molecule has 0 amide bonds. The molecule has 1 saturated heterocycles. The van der Waals surface area contributed by atoms with Gasteiger partial charge in [-0.2, -0.15) is 5.10 Å². The number of benzene rings is 1. The van der Waals surface area contributed by atoms with Crippen LogP contribution >= 0.6 is 0 Å². The third-order valence-corrected chi connectivity index (χ3v) is 4.39. The fourth-order valence-electron chi connectivity index (χ4n) is 3.17. The fourth-order valence-corrected chi connectivity index (χ4v) is 3.17. The van der Waals surface area contributed by atoms with Crippen LogP contribution in [0.25, 0.3) is 0 Å². The number of rotatable bonds is 5. The van der Waals surface area contributed by atoms with Gasteiger partial charge in [-0.15, -0.1) is 0 Å². The molecule has 0 spiro atoms. The zero-order valence-corrected chi connectivity index (χ0v) is 12.2. The van der Waals surface area contributed by atoms with Crippen molar-refractivity contribution in [3.8, 4) is 0 Å². The van der Waals surface area contributed by atoms with Crippen molar-refractivity contribution in [1.82, 2.24) is 19.7 Å². The van der Waals surface area contributed by atoms with E-state index in [1.54, 1.807) is 12.7 Å². The van der Waals surface area contributed by atoms with E-state index in [1.807, 2.05) is 4.68 Å². The molecule has 2 aliphatic rings. The molecule has 1 aromatic carbocycles. The molecular weight excluding hydrogens is 262 g/mol. The molecule has 1 N–H and O–H groups in total. The highest BCUT2D eigenvalue weighted by atomic mass is 15.3. The van der Waals surface area contributed by atoms with E-state index in [2.05, 4.69) is 44.6 Å². The predicted octanol–water partition coefficient (Wildman–Crippen LogP) is 1.97. The Morgan fingerprint density at radius 3 is 3.00 bits per heavy atom. The van der Waals surface area contributed by atoms with Gasteiger partial charge in [0.25, 0.3) is 0 Å². The molecule has 0 bridgehead atoms. The van der Waals surface area contributed by atoms with Crippen LogP contribution in [0.15, 0.2) is 36.9 Å². The summed E-state index contributed by atoms with van der Waals surface area (Å²) >= 11 is 0. The summed E-state index contributed by atoms with van der Waals surface area (Å²) in [7, 11) is 0. The van der Waals surface area contributed by atoms with Crippen LogP contribution in [0.5, 0.6) is 0 Å². The maximum atomic E-state index is 4.16. The van der Waals surface area contributed by atoms with Gasteiger partial charge in [0.15, 0.2) is 0 Å². The average molecular weight is 283 g/mol. The van der Waals surface area contributed by atoms with Crippen molar-refractivity contribution >= 4 is 5.69 Å². The van der Waals surface area contributed by atoms with Crippen molar-refractivity contribution in [2.24, 2.45) is 0 Å². The lowest BCUT2D eigenvalue weighted by molar-refractivity contribution is 0.326. The van der Waals surface area contributed by atoms with Crippen molar-refractivity contribution in [2.45, 2.75) is 37.9 Å². The Hall–Kier alpha value is -1.88. The molecule has 2 heterocycles. The molecule has 110 valence electrons. The molecular formula is C16H21N5. The minimum atomic E-state index is 0.590. The molecule has 21 heavy (non-hydrogen) atoms. The highest BCUT2D eigenvalue weighted by Crippen LogP contribution is 2.30. The van der Waals surface area contributed by atoms with Crippen LogP contribution in [0.1, 0.15) is 24.8 Å². The Balaban J connectivity index is 1.38. The van der Waals surface area contributed by atoms with Crippen LogP contribution in [0.4, 0.5) is 5.69 Å². The summed E-state index contributed by atoms with van der Waals surface area (Å²) in [5.74, 6) is 0. The van der Waals surface area contributed by atoms with Crippen LogP contribution in [0, 0.1) is 0 Å². The van der Waals surface area contributed by atoms with Gasteiger partial charge < -0.3 is 5.32 Å². The number of nitrogens with one attached hydrogen (secondary N) is 1. The zero-order chi connectivity index (χ0) is 14.1. The highest BCUT2D eigenvalue weighted by Gasteiger charge is 2.34. The lowest BCUT2D eigenvalue weighted by atomic mass is 10.1. The molecule has 1 aliphatic heterocycles. The predicted molar refractivity (Wildman–Crippen MR) is 82.2 cm³/mol. The normalized spacial score (nSPS) is 22.6. The quantitative estimate of drug-likeness (QED) is 0.911. The molecule has 1 aromatic heterocycles. The Bertz CT molecular complexity index is 590. The Labute approximate surface area is 125 Å². The summed E-state index contributed by atoms with van der Waals surface area (Å²) in [6.45, 7) is 3.22. The van der Waals surface area contributed by atoms with E-state index >= 15 is 0 Å². The molecule has 4 rings (SSSR count). The van der Waals surface area contributed by atoms with Gasteiger partial charge in [0, 0.05) is 30.9 Å². The fraction of sp³-hybridized carbons (Fsp3) is 0.500. The van der Waals surface area contributed by atoms with Crippen LogP contribution < -0.4 is 5.32 Å². The lowest BCUT2D eigenvalue weighted by Crippen LogP contribution is -2.27. The van der Waals surface area contributed by atoms with Crippen molar-refractivity contribution in [3.63, 3.8) is 0 Å². The van der Waals surface area contributed by atoms with Crippen molar-refractivity contribution in [1.29, 1.82) is 0 Å². The summed E-state index contributed by atoms with van der Waals surface area (Å²) in [6, 6.07) is 10.1. The topological polar surface area (TPSA) is 46.0 Å². The van der Waals surface area contributed by atoms with E-state index in [4.69, 9.17) is 0 Å². The standard InChI is InChI=1S/C16H21N5/c1-2-13(9-21-12-17-11-18-21)8-14(3-1)19-15-6-7-20(10-15)16-4-5-16/h1-3,8,11-12,15-16,19H,4-7,9-10H2. The largest absolute Gasteiger partial charge is 0.381 e. The average Bonchev–Trinajstić information content (AvgIpc) is 3.02. The van der Waals surface area contributed by atoms with Crippen LogP contribution in [0.2, 0.25) is 0 Å². The van der Waals surface area contributed by atoms with E-state index in [1.165, 1.54) is 43.6 Å². The summed E-state index contributed by atoms with van der Waals surface area (Å²) in [6.07, 6.45) is 7.39. The third-order valence-electron chi connectivity index (χ3n) is 4.39. The molecule has 2 fully saturated rings. The minimum absolute atomic E-state index is 0.590. The highest BCUT2D eigenvalue weighted by molar-refractivity contribution is 5.46. The van der Waals surface area contributed by atoms with E-state index in [-0.39, 0.29) is 0 Å². The third kappa shape index (κ3) is 3.08. The van der Waals surface area contributed by atoms with E-state index < -0.39 is 0 Å². The second-order valence-electron chi connectivity index (χ2n) is 6.15. The molecule has 2 aromatic rings. The van der Waals surface area contributed by atoms with Gasteiger partial charge in [0.1, 0.15) is 12.7 Å². The second kappa shape index (κ2) is 5.48. The van der Waals surface area contributed by atoms with Gasteiger partial charge in [0.2, 0.25) is 0 Å². The molecule has 5 nitrogen and oxygen atoms in total.